The van der Waals surface area contributed by atoms with Gasteiger partial charge in [0.1, 0.15) is 5.69 Å². The highest BCUT2D eigenvalue weighted by atomic mass is 16.4. The Hall–Kier alpha value is -2.63. The SMILES string of the molecule is Cc1cc(C(=O)N[C@@H](C(=O)O)c2ccccc2)n(C)n1. The Bertz CT molecular complexity index is 634. The van der Waals surface area contributed by atoms with Gasteiger partial charge in [0.15, 0.2) is 6.04 Å². The van der Waals surface area contributed by atoms with E-state index in [0.717, 1.165) is 0 Å². The van der Waals surface area contributed by atoms with Crippen molar-refractivity contribution < 1.29 is 14.7 Å². The van der Waals surface area contributed by atoms with E-state index in [1.165, 1.54) is 4.68 Å². The summed E-state index contributed by atoms with van der Waals surface area (Å²) in [5, 5.41) is 15.8. The Morgan fingerprint density at radius 2 is 1.95 bits per heavy atom. The molecule has 0 aliphatic carbocycles. The Labute approximate surface area is 116 Å². The Balaban J connectivity index is 2.23. The number of aromatic nitrogens is 2. The van der Waals surface area contributed by atoms with E-state index in [4.69, 9.17) is 0 Å². The Morgan fingerprint density at radius 3 is 2.45 bits per heavy atom. The molecule has 104 valence electrons. The highest BCUT2D eigenvalue weighted by Crippen LogP contribution is 2.14. The lowest BCUT2D eigenvalue weighted by atomic mass is 10.1. The van der Waals surface area contributed by atoms with Crippen molar-refractivity contribution in [3.05, 3.63) is 53.3 Å². The van der Waals surface area contributed by atoms with Crippen LogP contribution < -0.4 is 5.32 Å². The fourth-order valence-electron chi connectivity index (χ4n) is 1.96. The van der Waals surface area contributed by atoms with Crippen LogP contribution in [0, 0.1) is 6.92 Å². The average molecular weight is 273 g/mol. The lowest BCUT2D eigenvalue weighted by Crippen LogP contribution is -2.34. The van der Waals surface area contributed by atoms with Crippen molar-refractivity contribution in [2.75, 3.05) is 0 Å². The topological polar surface area (TPSA) is 84.2 Å². The van der Waals surface area contributed by atoms with E-state index in [1.54, 1.807) is 50.4 Å². The highest BCUT2D eigenvalue weighted by molar-refractivity contribution is 5.95. The molecule has 0 saturated heterocycles. The standard InChI is InChI=1S/C14H15N3O3/c1-9-8-11(17(2)16-9)13(18)15-12(14(19)20)10-6-4-3-5-7-10/h3-8,12H,1-2H3,(H,15,18)(H,19,20)/t12-/m1/s1. The van der Waals surface area contributed by atoms with Gasteiger partial charge in [0.25, 0.3) is 5.91 Å². The highest BCUT2D eigenvalue weighted by Gasteiger charge is 2.23. The molecule has 1 amide bonds. The molecule has 0 radical (unpaired) electrons. The molecule has 1 atom stereocenters. The third-order valence-electron chi connectivity index (χ3n) is 2.89. The molecule has 6 heteroatoms. The molecule has 6 nitrogen and oxygen atoms in total. The minimum atomic E-state index is -1.11. The van der Waals surface area contributed by atoms with Gasteiger partial charge in [-0.25, -0.2) is 4.79 Å². The summed E-state index contributed by atoms with van der Waals surface area (Å²) in [4.78, 5) is 23.5. The van der Waals surface area contributed by atoms with Crippen LogP contribution in [-0.4, -0.2) is 26.8 Å². The van der Waals surface area contributed by atoms with Gasteiger partial charge in [-0.15, -0.1) is 0 Å². The molecule has 1 aromatic heterocycles. The van der Waals surface area contributed by atoms with Crippen LogP contribution in [0.25, 0.3) is 0 Å². The fraction of sp³-hybridized carbons (Fsp3) is 0.214. The summed E-state index contributed by atoms with van der Waals surface area (Å²) >= 11 is 0. The van der Waals surface area contributed by atoms with Crippen molar-refractivity contribution >= 4 is 11.9 Å². The number of aryl methyl sites for hydroxylation is 2. The maximum absolute atomic E-state index is 12.1. The number of amides is 1. The predicted octanol–water partition coefficient (Wildman–Crippen LogP) is 1.28. The van der Waals surface area contributed by atoms with Crippen LogP contribution in [0.1, 0.15) is 27.8 Å². The van der Waals surface area contributed by atoms with Crippen molar-refractivity contribution in [1.29, 1.82) is 0 Å². The fourth-order valence-corrected chi connectivity index (χ4v) is 1.96. The third kappa shape index (κ3) is 2.85. The zero-order valence-electron chi connectivity index (χ0n) is 11.2. The average Bonchev–Trinajstić information content (AvgIpc) is 2.75. The number of aliphatic carboxylic acids is 1. The number of carboxylic acids is 1. The second kappa shape index (κ2) is 5.56. The molecule has 0 aliphatic rings. The van der Waals surface area contributed by atoms with Gasteiger partial charge in [-0.2, -0.15) is 5.10 Å². The number of hydrogen-bond donors (Lipinski definition) is 2. The normalized spacial score (nSPS) is 11.9. The van der Waals surface area contributed by atoms with Crippen LogP contribution in [0.3, 0.4) is 0 Å². The van der Waals surface area contributed by atoms with Gasteiger partial charge in [0, 0.05) is 7.05 Å². The molecule has 0 fully saturated rings. The lowest BCUT2D eigenvalue weighted by molar-refractivity contribution is -0.139. The van der Waals surface area contributed by atoms with Crippen molar-refractivity contribution in [1.82, 2.24) is 15.1 Å². The van der Waals surface area contributed by atoms with Crippen molar-refractivity contribution in [3.63, 3.8) is 0 Å². The molecule has 2 N–H and O–H groups in total. The monoisotopic (exact) mass is 273 g/mol. The van der Waals surface area contributed by atoms with Crippen LogP contribution in [-0.2, 0) is 11.8 Å². The first-order valence-electron chi connectivity index (χ1n) is 6.08. The largest absolute Gasteiger partial charge is 0.479 e. The molecule has 0 saturated carbocycles. The summed E-state index contributed by atoms with van der Waals surface area (Å²) in [5.41, 5.74) is 1.54. The first-order chi connectivity index (χ1) is 9.49. The number of nitrogens with zero attached hydrogens (tertiary/aromatic N) is 2. The number of benzene rings is 1. The van der Waals surface area contributed by atoms with Crippen molar-refractivity contribution in [3.8, 4) is 0 Å². The zero-order valence-corrected chi connectivity index (χ0v) is 11.2. The number of nitrogens with one attached hydrogen (secondary N) is 1. The van der Waals surface area contributed by atoms with E-state index in [2.05, 4.69) is 10.4 Å². The van der Waals surface area contributed by atoms with Gasteiger partial charge in [0.2, 0.25) is 0 Å². The van der Waals surface area contributed by atoms with E-state index < -0.39 is 17.9 Å². The quantitative estimate of drug-likeness (QED) is 0.879. The van der Waals surface area contributed by atoms with Crippen LogP contribution in [0.15, 0.2) is 36.4 Å². The molecule has 0 spiro atoms. The van der Waals surface area contributed by atoms with Crippen molar-refractivity contribution in [2.24, 2.45) is 7.05 Å². The van der Waals surface area contributed by atoms with E-state index >= 15 is 0 Å². The Morgan fingerprint density at radius 1 is 1.30 bits per heavy atom. The summed E-state index contributed by atoms with van der Waals surface area (Å²) in [6.45, 7) is 1.77. The number of carbonyl (C=O) groups excluding carboxylic acids is 1. The van der Waals surface area contributed by atoms with Gasteiger partial charge in [-0.05, 0) is 18.6 Å². The minimum Gasteiger partial charge on any atom is -0.479 e. The number of carbonyl (C=O) groups is 2. The summed E-state index contributed by atoms with van der Waals surface area (Å²) < 4.78 is 1.43. The van der Waals surface area contributed by atoms with Crippen LogP contribution in [0.5, 0.6) is 0 Å². The van der Waals surface area contributed by atoms with E-state index in [1.807, 2.05) is 0 Å². The minimum absolute atomic E-state index is 0.324. The van der Waals surface area contributed by atoms with E-state index in [0.29, 0.717) is 17.0 Å². The van der Waals surface area contributed by atoms with E-state index in [-0.39, 0.29) is 0 Å². The molecule has 0 unspecified atom stereocenters. The van der Waals surface area contributed by atoms with Crippen LogP contribution in [0.2, 0.25) is 0 Å². The van der Waals surface area contributed by atoms with Crippen LogP contribution in [0.4, 0.5) is 0 Å². The van der Waals surface area contributed by atoms with Crippen molar-refractivity contribution in [2.45, 2.75) is 13.0 Å². The van der Waals surface area contributed by atoms with Crippen LogP contribution >= 0.6 is 0 Å². The summed E-state index contributed by atoms with van der Waals surface area (Å²) in [5.74, 6) is -1.58. The first-order valence-corrected chi connectivity index (χ1v) is 6.08. The molecular weight excluding hydrogens is 258 g/mol. The van der Waals surface area contributed by atoms with Gasteiger partial charge in [-0.1, -0.05) is 30.3 Å². The van der Waals surface area contributed by atoms with Gasteiger partial charge >= 0.3 is 5.97 Å². The number of hydrogen-bond acceptors (Lipinski definition) is 3. The second-order valence-electron chi connectivity index (χ2n) is 4.45. The molecule has 1 aromatic carbocycles. The molecule has 20 heavy (non-hydrogen) atoms. The number of carboxylic acid groups (broad SMARTS) is 1. The first kappa shape index (κ1) is 13.8. The molecule has 2 rings (SSSR count). The zero-order chi connectivity index (χ0) is 14.7. The van der Waals surface area contributed by atoms with Gasteiger partial charge in [0.05, 0.1) is 5.69 Å². The molecule has 2 aromatic rings. The van der Waals surface area contributed by atoms with Gasteiger partial charge < -0.3 is 10.4 Å². The molecular formula is C14H15N3O3. The third-order valence-corrected chi connectivity index (χ3v) is 2.89. The second-order valence-corrected chi connectivity index (χ2v) is 4.45. The predicted molar refractivity (Wildman–Crippen MR) is 72.2 cm³/mol. The maximum atomic E-state index is 12.1. The van der Waals surface area contributed by atoms with Gasteiger partial charge in [-0.3, -0.25) is 9.48 Å². The molecule has 0 aliphatic heterocycles. The summed E-state index contributed by atoms with van der Waals surface area (Å²) in [6.07, 6.45) is 0. The molecule has 1 heterocycles. The summed E-state index contributed by atoms with van der Waals surface area (Å²) in [7, 11) is 1.64. The Kier molecular flexibility index (Phi) is 3.84. The molecule has 0 bridgehead atoms. The lowest BCUT2D eigenvalue weighted by Gasteiger charge is -2.14. The summed E-state index contributed by atoms with van der Waals surface area (Å²) in [6, 6.07) is 9.09. The number of rotatable bonds is 4. The smallest absolute Gasteiger partial charge is 0.330 e. The maximum Gasteiger partial charge on any atom is 0.330 e. The van der Waals surface area contributed by atoms with E-state index in [9.17, 15) is 14.7 Å².